The first-order chi connectivity index (χ1) is 17.9. The van der Waals surface area contributed by atoms with Crippen LogP contribution in [0.5, 0.6) is 5.75 Å². The van der Waals surface area contributed by atoms with E-state index in [-0.39, 0.29) is 11.9 Å². The minimum absolute atomic E-state index is 0.185. The zero-order valence-electron chi connectivity index (χ0n) is 20.8. The van der Waals surface area contributed by atoms with E-state index in [1.807, 2.05) is 56.4 Å². The van der Waals surface area contributed by atoms with Crippen LogP contribution in [0.15, 0.2) is 60.8 Å². The van der Waals surface area contributed by atoms with Crippen molar-refractivity contribution in [3.05, 3.63) is 83.0 Å². The average Bonchev–Trinajstić information content (AvgIpc) is 3.48. The topological polar surface area (TPSA) is 108 Å². The number of methoxy groups -OCH3 is 1. The molecule has 0 atom stereocenters. The summed E-state index contributed by atoms with van der Waals surface area (Å²) in [6.07, 6.45) is 2.62. The lowest BCUT2D eigenvalue weighted by atomic mass is 10.1. The second kappa shape index (κ2) is 10.3. The van der Waals surface area contributed by atoms with Gasteiger partial charge in [-0.25, -0.2) is 9.78 Å². The molecule has 0 radical (unpaired) electrons. The smallest absolute Gasteiger partial charge is 0.321 e. The number of thiazole rings is 1. The lowest BCUT2D eigenvalue weighted by Gasteiger charge is -2.11. The summed E-state index contributed by atoms with van der Waals surface area (Å²) < 4.78 is 6.13. The van der Waals surface area contributed by atoms with Crippen molar-refractivity contribution in [2.75, 3.05) is 24.3 Å². The summed E-state index contributed by atoms with van der Waals surface area (Å²) in [5.41, 5.74) is 6.21. The van der Waals surface area contributed by atoms with Crippen LogP contribution in [0.1, 0.15) is 27.0 Å². The van der Waals surface area contributed by atoms with Gasteiger partial charge in [0, 0.05) is 34.9 Å². The van der Waals surface area contributed by atoms with Crippen LogP contribution in [-0.2, 0) is 6.42 Å². The first-order valence-electron chi connectivity index (χ1n) is 11.9. The van der Waals surface area contributed by atoms with Crippen LogP contribution in [0, 0.1) is 13.8 Å². The summed E-state index contributed by atoms with van der Waals surface area (Å²) in [7, 11) is 1.64. The summed E-state index contributed by atoms with van der Waals surface area (Å²) in [6, 6.07) is 16.8. The van der Waals surface area contributed by atoms with E-state index in [4.69, 9.17) is 4.74 Å². The number of benzene rings is 3. The van der Waals surface area contributed by atoms with Gasteiger partial charge < -0.3 is 20.4 Å². The molecule has 37 heavy (non-hydrogen) atoms. The molecule has 2 aromatic heterocycles. The zero-order chi connectivity index (χ0) is 25.9. The van der Waals surface area contributed by atoms with E-state index in [1.165, 1.54) is 11.3 Å². The molecule has 5 rings (SSSR count). The zero-order valence-corrected chi connectivity index (χ0v) is 21.6. The molecule has 0 fully saturated rings. The van der Waals surface area contributed by atoms with Crippen LogP contribution >= 0.6 is 11.3 Å². The van der Waals surface area contributed by atoms with E-state index in [9.17, 15) is 9.59 Å². The SMILES string of the molecule is COc1ccc2[nH]cc(CCNC(=O)Nc3nc4ccc(C(=O)Nc5c(C)cccc5C)cc4s3)c2c1. The fraction of sp³-hybridized carbons (Fsp3) is 0.179. The number of H-pyrrole nitrogens is 1. The first kappa shape index (κ1) is 24.3. The average molecular weight is 514 g/mol. The molecule has 0 aliphatic carbocycles. The highest BCUT2D eigenvalue weighted by Crippen LogP contribution is 2.28. The van der Waals surface area contributed by atoms with E-state index in [1.54, 1.807) is 25.3 Å². The summed E-state index contributed by atoms with van der Waals surface area (Å²) in [6.45, 7) is 4.40. The number of anilines is 2. The Hall–Kier alpha value is -4.37. The van der Waals surface area contributed by atoms with Gasteiger partial charge in [0.1, 0.15) is 5.75 Å². The highest BCUT2D eigenvalue weighted by molar-refractivity contribution is 7.22. The van der Waals surface area contributed by atoms with Crippen molar-refractivity contribution in [1.29, 1.82) is 0 Å². The number of hydrogen-bond donors (Lipinski definition) is 4. The number of carbonyl (C=O) groups is 2. The molecule has 0 bridgehead atoms. The van der Waals surface area contributed by atoms with Crippen LogP contribution in [0.4, 0.5) is 15.6 Å². The second-order valence-corrected chi connectivity index (χ2v) is 9.81. The standard InChI is InChI=1S/C28H27N5O3S/c1-16-5-4-6-17(2)25(16)32-26(34)18-7-9-23-24(13-18)37-28(31-23)33-27(35)29-12-11-19-15-30-22-10-8-20(36-3)14-21(19)22/h4-10,13-15,30H,11-12H2,1-3H3,(H,32,34)(H2,29,31,33,35). The van der Waals surface area contributed by atoms with Gasteiger partial charge in [-0.1, -0.05) is 29.5 Å². The van der Waals surface area contributed by atoms with Gasteiger partial charge in [0.15, 0.2) is 5.13 Å². The summed E-state index contributed by atoms with van der Waals surface area (Å²) >= 11 is 1.33. The quantitative estimate of drug-likeness (QED) is 0.213. The highest BCUT2D eigenvalue weighted by Gasteiger charge is 2.13. The Morgan fingerprint density at radius 3 is 2.62 bits per heavy atom. The van der Waals surface area contributed by atoms with Crippen molar-refractivity contribution in [1.82, 2.24) is 15.3 Å². The third-order valence-electron chi connectivity index (χ3n) is 6.25. The van der Waals surface area contributed by atoms with Crippen LogP contribution < -0.4 is 20.7 Å². The number of amides is 3. The first-order valence-corrected chi connectivity index (χ1v) is 12.7. The van der Waals surface area contributed by atoms with Crippen LogP contribution in [-0.4, -0.2) is 35.6 Å². The molecular weight excluding hydrogens is 486 g/mol. The van der Waals surface area contributed by atoms with Crippen molar-refractivity contribution in [3.63, 3.8) is 0 Å². The Morgan fingerprint density at radius 1 is 1.03 bits per heavy atom. The summed E-state index contributed by atoms with van der Waals surface area (Å²) in [5, 5.41) is 10.2. The van der Waals surface area contributed by atoms with E-state index in [0.29, 0.717) is 23.7 Å². The third kappa shape index (κ3) is 5.26. The molecule has 8 nitrogen and oxygen atoms in total. The Bertz CT molecular complexity index is 1600. The molecule has 5 aromatic rings. The molecule has 188 valence electrons. The maximum absolute atomic E-state index is 12.9. The van der Waals surface area contributed by atoms with E-state index in [0.717, 1.165) is 49.2 Å². The van der Waals surface area contributed by atoms with Crippen molar-refractivity contribution in [2.45, 2.75) is 20.3 Å². The number of carbonyl (C=O) groups excluding carboxylic acids is 2. The third-order valence-corrected chi connectivity index (χ3v) is 7.18. The normalized spacial score (nSPS) is 11.0. The van der Waals surface area contributed by atoms with Gasteiger partial charge in [0.2, 0.25) is 0 Å². The van der Waals surface area contributed by atoms with E-state index in [2.05, 4.69) is 25.9 Å². The van der Waals surface area contributed by atoms with Crippen LogP contribution in [0.3, 0.4) is 0 Å². The van der Waals surface area contributed by atoms with Crippen molar-refractivity contribution in [2.24, 2.45) is 0 Å². The Balaban J connectivity index is 1.20. The van der Waals surface area contributed by atoms with E-state index >= 15 is 0 Å². The second-order valence-electron chi connectivity index (χ2n) is 8.78. The molecule has 0 aliphatic heterocycles. The molecule has 3 aromatic carbocycles. The largest absolute Gasteiger partial charge is 0.497 e. The van der Waals surface area contributed by atoms with Crippen LogP contribution in [0.2, 0.25) is 0 Å². The van der Waals surface area contributed by atoms with Gasteiger partial charge in [0.05, 0.1) is 17.3 Å². The van der Waals surface area contributed by atoms with Crippen molar-refractivity contribution < 1.29 is 14.3 Å². The lowest BCUT2D eigenvalue weighted by Crippen LogP contribution is -2.30. The van der Waals surface area contributed by atoms with Crippen LogP contribution in [0.25, 0.3) is 21.1 Å². The molecular formula is C28H27N5O3S. The molecule has 4 N–H and O–H groups in total. The minimum atomic E-state index is -0.329. The van der Waals surface area contributed by atoms with Crippen molar-refractivity contribution >= 4 is 55.2 Å². The number of hydrogen-bond acceptors (Lipinski definition) is 5. The molecule has 3 amide bonds. The molecule has 0 saturated carbocycles. The minimum Gasteiger partial charge on any atom is -0.497 e. The molecule has 0 aliphatic rings. The van der Waals surface area contributed by atoms with Crippen molar-refractivity contribution in [3.8, 4) is 5.75 Å². The molecule has 0 unspecified atom stereocenters. The van der Waals surface area contributed by atoms with Gasteiger partial charge in [0.25, 0.3) is 5.91 Å². The van der Waals surface area contributed by atoms with Gasteiger partial charge in [-0.15, -0.1) is 0 Å². The molecule has 9 heteroatoms. The molecule has 0 saturated heterocycles. The maximum atomic E-state index is 12.9. The Labute approximate surface area is 218 Å². The number of fused-ring (bicyclic) bond motifs is 2. The monoisotopic (exact) mass is 513 g/mol. The maximum Gasteiger partial charge on any atom is 0.321 e. The fourth-order valence-corrected chi connectivity index (χ4v) is 5.16. The molecule has 2 heterocycles. The number of urea groups is 1. The Kier molecular flexibility index (Phi) is 6.78. The number of aryl methyl sites for hydroxylation is 2. The number of nitrogens with zero attached hydrogens (tertiary/aromatic N) is 1. The summed E-state index contributed by atoms with van der Waals surface area (Å²) in [5.74, 6) is 0.607. The predicted octanol–water partition coefficient (Wildman–Crippen LogP) is 6.02. The van der Waals surface area contributed by atoms with Gasteiger partial charge in [-0.05, 0) is 73.4 Å². The predicted molar refractivity (Wildman–Crippen MR) is 149 cm³/mol. The van der Waals surface area contributed by atoms with Gasteiger partial charge in [-0.2, -0.15) is 0 Å². The highest BCUT2D eigenvalue weighted by atomic mass is 32.1. The number of nitrogens with one attached hydrogen (secondary N) is 4. The number of aromatic amines is 1. The number of rotatable bonds is 7. The lowest BCUT2D eigenvalue weighted by molar-refractivity contribution is 0.102. The molecule has 0 spiro atoms. The fourth-order valence-electron chi connectivity index (χ4n) is 4.26. The van der Waals surface area contributed by atoms with E-state index < -0.39 is 0 Å². The number of para-hydroxylation sites is 1. The Morgan fingerprint density at radius 2 is 1.84 bits per heavy atom. The van der Waals surface area contributed by atoms with Gasteiger partial charge >= 0.3 is 6.03 Å². The number of ether oxygens (including phenoxy) is 1. The number of aromatic nitrogens is 2. The van der Waals surface area contributed by atoms with Gasteiger partial charge in [-0.3, -0.25) is 10.1 Å². The summed E-state index contributed by atoms with van der Waals surface area (Å²) in [4.78, 5) is 33.1.